The molecule has 158 valence electrons. The predicted molar refractivity (Wildman–Crippen MR) is 118 cm³/mol. The van der Waals surface area contributed by atoms with E-state index >= 15 is 0 Å². The van der Waals surface area contributed by atoms with Crippen LogP contribution in [0.3, 0.4) is 0 Å². The molecule has 2 aliphatic heterocycles. The number of aryl methyl sites for hydroxylation is 1. The van der Waals surface area contributed by atoms with Gasteiger partial charge in [-0.2, -0.15) is 0 Å². The second-order valence-electron chi connectivity index (χ2n) is 7.77. The SMILES string of the molecule is Cc1cc(N2CCN(Cc3ccc4c(c3)OCO4)C2=O)ccc1OCc1ccccc1. The highest BCUT2D eigenvalue weighted by molar-refractivity contribution is 5.94. The van der Waals surface area contributed by atoms with Gasteiger partial charge in [0.25, 0.3) is 0 Å². The quantitative estimate of drug-likeness (QED) is 0.582. The molecule has 2 heterocycles. The Morgan fingerprint density at radius 2 is 1.74 bits per heavy atom. The van der Waals surface area contributed by atoms with E-state index in [4.69, 9.17) is 14.2 Å². The third kappa shape index (κ3) is 4.01. The lowest BCUT2D eigenvalue weighted by molar-refractivity contribution is 0.174. The van der Waals surface area contributed by atoms with Crippen LogP contribution in [-0.4, -0.2) is 30.8 Å². The molecule has 0 unspecified atom stereocenters. The first kappa shape index (κ1) is 19.3. The van der Waals surface area contributed by atoms with Crippen LogP contribution in [0.2, 0.25) is 0 Å². The Bertz CT molecular complexity index is 1100. The first-order valence-electron chi connectivity index (χ1n) is 10.4. The second kappa shape index (κ2) is 8.22. The summed E-state index contributed by atoms with van der Waals surface area (Å²) in [6, 6.07) is 21.8. The Hall–Kier alpha value is -3.67. The molecule has 6 heteroatoms. The normalized spacial score (nSPS) is 14.9. The van der Waals surface area contributed by atoms with Crippen molar-refractivity contribution < 1.29 is 19.0 Å². The van der Waals surface area contributed by atoms with Gasteiger partial charge < -0.3 is 19.1 Å². The number of anilines is 1. The van der Waals surface area contributed by atoms with Crippen LogP contribution in [0, 0.1) is 6.92 Å². The van der Waals surface area contributed by atoms with Crippen LogP contribution in [0.4, 0.5) is 10.5 Å². The molecule has 31 heavy (non-hydrogen) atoms. The van der Waals surface area contributed by atoms with Gasteiger partial charge in [-0.3, -0.25) is 4.90 Å². The molecule has 5 rings (SSSR count). The summed E-state index contributed by atoms with van der Waals surface area (Å²) in [7, 11) is 0. The molecule has 0 aliphatic carbocycles. The molecular weight excluding hydrogens is 392 g/mol. The van der Waals surface area contributed by atoms with E-state index in [9.17, 15) is 4.79 Å². The van der Waals surface area contributed by atoms with Gasteiger partial charge in [0.2, 0.25) is 6.79 Å². The maximum atomic E-state index is 13.0. The number of fused-ring (bicyclic) bond motifs is 1. The van der Waals surface area contributed by atoms with Crippen LogP contribution in [-0.2, 0) is 13.2 Å². The number of urea groups is 1. The number of nitrogens with zero attached hydrogens (tertiary/aromatic N) is 2. The molecule has 0 aromatic heterocycles. The van der Waals surface area contributed by atoms with Crippen molar-refractivity contribution in [1.29, 1.82) is 0 Å². The first-order chi connectivity index (χ1) is 15.2. The maximum absolute atomic E-state index is 13.0. The molecule has 0 radical (unpaired) electrons. The van der Waals surface area contributed by atoms with E-state index in [0.717, 1.165) is 39.6 Å². The number of carbonyl (C=O) groups excluding carboxylic acids is 1. The van der Waals surface area contributed by atoms with Crippen molar-refractivity contribution in [3.63, 3.8) is 0 Å². The summed E-state index contributed by atoms with van der Waals surface area (Å²) in [6.45, 7) is 4.66. The summed E-state index contributed by atoms with van der Waals surface area (Å²) in [5.74, 6) is 2.32. The van der Waals surface area contributed by atoms with Crippen molar-refractivity contribution >= 4 is 11.7 Å². The van der Waals surface area contributed by atoms with Crippen molar-refractivity contribution in [1.82, 2.24) is 4.90 Å². The van der Waals surface area contributed by atoms with E-state index in [1.807, 2.05) is 83.5 Å². The van der Waals surface area contributed by atoms with E-state index in [1.165, 1.54) is 0 Å². The van der Waals surface area contributed by atoms with E-state index in [2.05, 4.69) is 0 Å². The summed E-state index contributed by atoms with van der Waals surface area (Å²) >= 11 is 0. The van der Waals surface area contributed by atoms with Crippen LogP contribution in [0.15, 0.2) is 66.7 Å². The molecule has 6 nitrogen and oxygen atoms in total. The fourth-order valence-corrected chi connectivity index (χ4v) is 3.93. The highest BCUT2D eigenvalue weighted by Crippen LogP contribution is 2.33. The van der Waals surface area contributed by atoms with Crippen molar-refractivity contribution in [3.05, 3.63) is 83.4 Å². The highest BCUT2D eigenvalue weighted by Gasteiger charge is 2.30. The lowest BCUT2D eigenvalue weighted by Gasteiger charge is -2.20. The van der Waals surface area contributed by atoms with E-state index in [1.54, 1.807) is 0 Å². The van der Waals surface area contributed by atoms with E-state index in [0.29, 0.717) is 26.2 Å². The number of benzene rings is 3. The third-order valence-electron chi connectivity index (χ3n) is 5.61. The van der Waals surface area contributed by atoms with Gasteiger partial charge in [-0.05, 0) is 53.9 Å². The molecular formula is C25H24N2O4. The molecule has 1 fully saturated rings. The Morgan fingerprint density at radius 3 is 2.58 bits per heavy atom. The summed E-state index contributed by atoms with van der Waals surface area (Å²) in [4.78, 5) is 16.7. The second-order valence-corrected chi connectivity index (χ2v) is 7.77. The minimum absolute atomic E-state index is 0.00928. The van der Waals surface area contributed by atoms with Crippen molar-refractivity contribution in [3.8, 4) is 17.2 Å². The molecule has 3 aromatic rings. The van der Waals surface area contributed by atoms with Crippen LogP contribution in [0.1, 0.15) is 16.7 Å². The zero-order chi connectivity index (χ0) is 21.2. The molecule has 1 saturated heterocycles. The van der Waals surface area contributed by atoms with Gasteiger partial charge >= 0.3 is 6.03 Å². The molecule has 2 amide bonds. The van der Waals surface area contributed by atoms with Gasteiger partial charge in [-0.15, -0.1) is 0 Å². The largest absolute Gasteiger partial charge is 0.489 e. The van der Waals surface area contributed by atoms with Gasteiger partial charge in [0, 0.05) is 25.3 Å². The Labute approximate surface area is 181 Å². The number of hydrogen-bond acceptors (Lipinski definition) is 4. The van der Waals surface area contributed by atoms with Gasteiger partial charge in [0.1, 0.15) is 12.4 Å². The average Bonchev–Trinajstić information content (AvgIpc) is 3.40. The summed E-state index contributed by atoms with van der Waals surface area (Å²) in [5.41, 5.74) is 4.05. The van der Waals surface area contributed by atoms with Crippen LogP contribution >= 0.6 is 0 Å². The van der Waals surface area contributed by atoms with E-state index in [-0.39, 0.29) is 12.8 Å². The number of hydrogen-bond donors (Lipinski definition) is 0. The minimum Gasteiger partial charge on any atom is -0.489 e. The lowest BCUT2D eigenvalue weighted by Crippen LogP contribution is -2.31. The monoisotopic (exact) mass is 416 g/mol. The van der Waals surface area contributed by atoms with Gasteiger partial charge in [-0.25, -0.2) is 4.79 Å². The van der Waals surface area contributed by atoms with Crippen LogP contribution < -0.4 is 19.1 Å². The molecule has 0 bridgehead atoms. The number of amides is 2. The Morgan fingerprint density at radius 1 is 0.903 bits per heavy atom. The van der Waals surface area contributed by atoms with Crippen molar-refractivity contribution in [2.75, 3.05) is 24.8 Å². The van der Waals surface area contributed by atoms with Crippen molar-refractivity contribution in [2.24, 2.45) is 0 Å². The fourth-order valence-electron chi connectivity index (χ4n) is 3.93. The third-order valence-corrected chi connectivity index (χ3v) is 5.61. The van der Waals surface area contributed by atoms with Crippen LogP contribution in [0.25, 0.3) is 0 Å². The smallest absolute Gasteiger partial charge is 0.324 e. The highest BCUT2D eigenvalue weighted by atomic mass is 16.7. The standard InChI is InChI=1S/C25H24N2O4/c1-18-13-21(8-10-22(18)29-16-19-5-3-2-4-6-19)27-12-11-26(25(27)28)15-20-7-9-23-24(14-20)31-17-30-23/h2-10,13-14H,11-12,15-17H2,1H3. The van der Waals surface area contributed by atoms with Gasteiger partial charge in [0.15, 0.2) is 11.5 Å². The first-order valence-corrected chi connectivity index (χ1v) is 10.4. The zero-order valence-corrected chi connectivity index (χ0v) is 17.4. The number of carbonyl (C=O) groups is 1. The van der Waals surface area contributed by atoms with Gasteiger partial charge in [-0.1, -0.05) is 36.4 Å². The molecule has 0 saturated carbocycles. The summed E-state index contributed by atoms with van der Waals surface area (Å²) in [5, 5.41) is 0. The predicted octanol–water partition coefficient (Wildman–Crippen LogP) is 4.74. The fraction of sp³-hybridized carbons (Fsp3) is 0.240. The number of rotatable bonds is 6. The van der Waals surface area contributed by atoms with E-state index < -0.39 is 0 Å². The zero-order valence-electron chi connectivity index (χ0n) is 17.4. The van der Waals surface area contributed by atoms with Crippen molar-refractivity contribution in [2.45, 2.75) is 20.1 Å². The Kier molecular flexibility index (Phi) is 5.12. The lowest BCUT2D eigenvalue weighted by atomic mass is 10.2. The molecule has 0 N–H and O–H groups in total. The molecule has 0 atom stereocenters. The average molecular weight is 416 g/mol. The topological polar surface area (TPSA) is 51.2 Å². The van der Waals surface area contributed by atoms with Gasteiger partial charge in [0.05, 0.1) is 0 Å². The molecule has 3 aromatic carbocycles. The Balaban J connectivity index is 1.24. The summed E-state index contributed by atoms with van der Waals surface area (Å²) in [6.07, 6.45) is 0. The summed E-state index contributed by atoms with van der Waals surface area (Å²) < 4.78 is 16.8. The molecule has 0 spiro atoms. The number of ether oxygens (including phenoxy) is 3. The maximum Gasteiger partial charge on any atom is 0.324 e. The molecule has 2 aliphatic rings. The minimum atomic E-state index is 0.00928. The van der Waals surface area contributed by atoms with Crippen LogP contribution in [0.5, 0.6) is 17.2 Å².